The van der Waals surface area contributed by atoms with Crippen molar-refractivity contribution in [3.05, 3.63) is 29.3 Å². The van der Waals surface area contributed by atoms with E-state index in [1.54, 1.807) is 17.0 Å². The number of amides is 1. The van der Waals surface area contributed by atoms with Gasteiger partial charge in [0, 0.05) is 37.1 Å². The second kappa shape index (κ2) is 6.34. The first-order valence-corrected chi connectivity index (χ1v) is 8.68. The Morgan fingerprint density at radius 2 is 1.62 bits per heavy atom. The summed E-state index contributed by atoms with van der Waals surface area (Å²) in [5, 5.41) is 0.501. The van der Waals surface area contributed by atoms with E-state index in [1.807, 2.05) is 13.8 Å². The minimum Gasteiger partial charge on any atom is -0.340 e. The molecule has 0 saturated carbocycles. The summed E-state index contributed by atoms with van der Waals surface area (Å²) in [5.74, 6) is 0.00274. The second-order valence-electron chi connectivity index (χ2n) is 5.34. The molecule has 1 heterocycles. The fraction of sp³-hybridized carbons (Fsp3) is 0.500. The van der Waals surface area contributed by atoms with Gasteiger partial charge in [0.25, 0.3) is 0 Å². The smallest absolute Gasteiger partial charge is 0.243 e. The number of hydrogen-bond donors (Lipinski definition) is 0. The summed E-state index contributed by atoms with van der Waals surface area (Å²) in [7, 11) is -3.51. The van der Waals surface area contributed by atoms with Gasteiger partial charge in [-0.1, -0.05) is 25.4 Å². The average molecular weight is 331 g/mol. The van der Waals surface area contributed by atoms with Crippen LogP contribution in [0.2, 0.25) is 5.02 Å². The Balaban J connectivity index is 2.07. The van der Waals surface area contributed by atoms with Crippen LogP contribution in [0, 0.1) is 5.92 Å². The first kappa shape index (κ1) is 16.3. The van der Waals surface area contributed by atoms with Crippen LogP contribution in [0.5, 0.6) is 0 Å². The zero-order valence-electron chi connectivity index (χ0n) is 12.1. The molecule has 1 aliphatic heterocycles. The summed E-state index contributed by atoms with van der Waals surface area (Å²) in [6.45, 7) is 5.21. The molecule has 5 nitrogen and oxygen atoms in total. The molecular formula is C14H19ClN2O3S. The average Bonchev–Trinajstić information content (AvgIpc) is 2.47. The Hall–Kier alpha value is -1.11. The number of halogens is 1. The fourth-order valence-corrected chi connectivity index (χ4v) is 3.82. The number of benzene rings is 1. The van der Waals surface area contributed by atoms with Crippen LogP contribution in [0.15, 0.2) is 29.2 Å². The van der Waals surface area contributed by atoms with Gasteiger partial charge in [0.15, 0.2) is 0 Å². The second-order valence-corrected chi connectivity index (χ2v) is 7.71. The maximum absolute atomic E-state index is 12.5. The van der Waals surface area contributed by atoms with Crippen LogP contribution in [0.3, 0.4) is 0 Å². The number of rotatable bonds is 3. The van der Waals surface area contributed by atoms with E-state index >= 15 is 0 Å². The van der Waals surface area contributed by atoms with Crippen LogP contribution >= 0.6 is 11.6 Å². The molecule has 21 heavy (non-hydrogen) atoms. The van der Waals surface area contributed by atoms with Crippen molar-refractivity contribution in [2.45, 2.75) is 18.7 Å². The molecule has 1 saturated heterocycles. The van der Waals surface area contributed by atoms with Crippen LogP contribution in [-0.2, 0) is 14.8 Å². The minimum absolute atomic E-state index is 0.0653. The van der Waals surface area contributed by atoms with Gasteiger partial charge in [-0.15, -0.1) is 0 Å². The highest BCUT2D eigenvalue weighted by molar-refractivity contribution is 7.89. The summed E-state index contributed by atoms with van der Waals surface area (Å²) >= 11 is 5.78. The third-order valence-corrected chi connectivity index (χ3v) is 5.66. The summed E-state index contributed by atoms with van der Waals surface area (Å²) in [5.41, 5.74) is 0. The number of piperazine rings is 1. The third-order valence-electron chi connectivity index (χ3n) is 3.50. The summed E-state index contributed by atoms with van der Waals surface area (Å²) in [6.07, 6.45) is 0. The zero-order valence-corrected chi connectivity index (χ0v) is 13.7. The van der Waals surface area contributed by atoms with Gasteiger partial charge in [-0.05, 0) is 24.3 Å². The van der Waals surface area contributed by atoms with Crippen molar-refractivity contribution in [3.63, 3.8) is 0 Å². The molecule has 1 amide bonds. The highest BCUT2D eigenvalue weighted by Gasteiger charge is 2.30. The standard InChI is InChI=1S/C14H19ClN2O3S/c1-11(2)14(18)16-7-9-17(10-8-16)21(19,20)13-5-3-12(15)4-6-13/h3-6,11H,7-10H2,1-2H3. The maximum Gasteiger partial charge on any atom is 0.243 e. The molecular weight excluding hydrogens is 312 g/mol. The van der Waals surface area contributed by atoms with E-state index in [0.717, 1.165) is 0 Å². The van der Waals surface area contributed by atoms with Gasteiger partial charge in [0.05, 0.1) is 4.90 Å². The molecule has 0 radical (unpaired) electrons. The van der Waals surface area contributed by atoms with Gasteiger partial charge < -0.3 is 4.90 Å². The molecule has 1 aliphatic rings. The van der Waals surface area contributed by atoms with Crippen molar-refractivity contribution in [2.75, 3.05) is 26.2 Å². The molecule has 0 spiro atoms. The van der Waals surface area contributed by atoms with E-state index in [2.05, 4.69) is 0 Å². The lowest BCUT2D eigenvalue weighted by atomic mass is 10.2. The number of nitrogens with zero attached hydrogens (tertiary/aromatic N) is 2. The number of hydrogen-bond acceptors (Lipinski definition) is 3. The van der Waals surface area contributed by atoms with Crippen molar-refractivity contribution < 1.29 is 13.2 Å². The molecule has 1 aromatic carbocycles. The van der Waals surface area contributed by atoms with E-state index in [-0.39, 0.29) is 16.7 Å². The largest absolute Gasteiger partial charge is 0.340 e. The Morgan fingerprint density at radius 3 is 2.10 bits per heavy atom. The maximum atomic E-state index is 12.5. The van der Waals surface area contributed by atoms with Gasteiger partial charge in [-0.25, -0.2) is 8.42 Å². The normalized spacial score (nSPS) is 17.2. The van der Waals surface area contributed by atoms with Crippen molar-refractivity contribution in [2.24, 2.45) is 5.92 Å². The summed E-state index contributed by atoms with van der Waals surface area (Å²) in [6, 6.07) is 6.13. The summed E-state index contributed by atoms with van der Waals surface area (Å²) < 4.78 is 26.4. The van der Waals surface area contributed by atoms with Crippen molar-refractivity contribution in [1.29, 1.82) is 0 Å². The van der Waals surface area contributed by atoms with E-state index in [9.17, 15) is 13.2 Å². The molecule has 1 aromatic rings. The first-order valence-electron chi connectivity index (χ1n) is 6.87. The van der Waals surface area contributed by atoms with Crippen LogP contribution in [0.1, 0.15) is 13.8 Å². The van der Waals surface area contributed by atoms with Crippen LogP contribution in [-0.4, -0.2) is 49.7 Å². The van der Waals surface area contributed by atoms with Crippen molar-refractivity contribution in [1.82, 2.24) is 9.21 Å². The van der Waals surface area contributed by atoms with Gasteiger partial charge in [-0.3, -0.25) is 4.79 Å². The molecule has 0 aromatic heterocycles. The van der Waals surface area contributed by atoms with E-state index < -0.39 is 10.0 Å². The lowest BCUT2D eigenvalue weighted by Crippen LogP contribution is -2.51. The highest BCUT2D eigenvalue weighted by Crippen LogP contribution is 2.20. The molecule has 0 bridgehead atoms. The van der Waals surface area contributed by atoms with Crippen LogP contribution < -0.4 is 0 Å². The molecule has 116 valence electrons. The minimum atomic E-state index is -3.51. The van der Waals surface area contributed by atoms with Crippen LogP contribution in [0.4, 0.5) is 0 Å². The van der Waals surface area contributed by atoms with E-state index in [4.69, 9.17) is 11.6 Å². The number of sulfonamides is 1. The van der Waals surface area contributed by atoms with E-state index in [0.29, 0.717) is 31.2 Å². The van der Waals surface area contributed by atoms with Gasteiger partial charge in [-0.2, -0.15) is 4.31 Å². The van der Waals surface area contributed by atoms with Gasteiger partial charge in [0.1, 0.15) is 0 Å². The highest BCUT2D eigenvalue weighted by atomic mass is 35.5. The topological polar surface area (TPSA) is 57.7 Å². The van der Waals surface area contributed by atoms with Crippen molar-refractivity contribution >= 4 is 27.5 Å². The predicted octanol–water partition coefficient (Wildman–Crippen LogP) is 1.83. The summed E-state index contributed by atoms with van der Waals surface area (Å²) in [4.78, 5) is 13.9. The first-order chi connectivity index (χ1) is 9.82. The Bertz CT molecular complexity index is 606. The molecule has 2 rings (SSSR count). The zero-order chi connectivity index (χ0) is 15.6. The quantitative estimate of drug-likeness (QED) is 0.849. The number of carbonyl (C=O) groups excluding carboxylic acids is 1. The fourth-order valence-electron chi connectivity index (χ4n) is 2.27. The predicted molar refractivity (Wildman–Crippen MR) is 81.6 cm³/mol. The SMILES string of the molecule is CC(C)C(=O)N1CCN(S(=O)(=O)c2ccc(Cl)cc2)CC1. The monoisotopic (exact) mass is 330 g/mol. The lowest BCUT2D eigenvalue weighted by molar-refractivity contribution is -0.135. The molecule has 1 fully saturated rings. The third kappa shape index (κ3) is 3.56. The Kier molecular flexibility index (Phi) is 4.91. The van der Waals surface area contributed by atoms with Gasteiger partial charge in [0.2, 0.25) is 15.9 Å². The lowest BCUT2D eigenvalue weighted by Gasteiger charge is -2.34. The van der Waals surface area contributed by atoms with Crippen molar-refractivity contribution in [3.8, 4) is 0 Å². The van der Waals surface area contributed by atoms with E-state index in [1.165, 1.54) is 16.4 Å². The molecule has 0 aliphatic carbocycles. The number of carbonyl (C=O) groups is 1. The Morgan fingerprint density at radius 1 is 1.10 bits per heavy atom. The van der Waals surface area contributed by atoms with Crippen LogP contribution in [0.25, 0.3) is 0 Å². The molecule has 7 heteroatoms. The molecule has 0 N–H and O–H groups in total. The Labute approximate surface area is 130 Å². The molecule has 0 atom stereocenters. The van der Waals surface area contributed by atoms with Gasteiger partial charge >= 0.3 is 0 Å². The molecule has 0 unspecified atom stereocenters.